The monoisotopic (exact) mass is 210 g/mol. The smallest absolute Gasteiger partial charge is 0.354 e. The Morgan fingerprint density at radius 1 is 1.57 bits per heavy atom. The van der Waals surface area contributed by atoms with Crippen molar-refractivity contribution in [3.63, 3.8) is 0 Å². The number of carbonyl (C=O) groups excluding carboxylic acids is 1. The van der Waals surface area contributed by atoms with E-state index in [9.17, 15) is 18.0 Å². The quantitative estimate of drug-likeness (QED) is 0.693. The fourth-order valence-electron chi connectivity index (χ4n) is 1.53. The van der Waals surface area contributed by atoms with Crippen molar-refractivity contribution in [2.45, 2.75) is 25.6 Å². The van der Waals surface area contributed by atoms with E-state index in [1.54, 1.807) is 6.92 Å². The zero-order chi connectivity index (χ0) is 10.8. The van der Waals surface area contributed by atoms with Gasteiger partial charge in [0.05, 0.1) is 0 Å². The first-order chi connectivity index (χ1) is 6.45. The Bertz CT molecular complexity index is 217. The zero-order valence-corrected chi connectivity index (χ0v) is 7.90. The lowest BCUT2D eigenvalue weighted by molar-refractivity contribution is -0.180. The lowest BCUT2D eigenvalue weighted by Crippen LogP contribution is -2.49. The van der Waals surface area contributed by atoms with Gasteiger partial charge < -0.3 is 5.32 Å². The fourth-order valence-corrected chi connectivity index (χ4v) is 1.53. The van der Waals surface area contributed by atoms with Crippen molar-refractivity contribution in [1.29, 1.82) is 0 Å². The van der Waals surface area contributed by atoms with Crippen LogP contribution in [0.2, 0.25) is 0 Å². The molecule has 14 heavy (non-hydrogen) atoms. The minimum Gasteiger partial charge on any atom is -0.354 e. The molecule has 1 atom stereocenters. The Kier molecular flexibility index (Phi) is 3.36. The number of likely N-dealkylation sites (N-methyl/N-ethyl adjacent to an activating group) is 1. The van der Waals surface area contributed by atoms with Crippen LogP contribution in [0.15, 0.2) is 0 Å². The first-order valence-electron chi connectivity index (χ1n) is 4.52. The van der Waals surface area contributed by atoms with Crippen molar-refractivity contribution in [3.8, 4) is 0 Å². The van der Waals surface area contributed by atoms with Crippen LogP contribution in [0.3, 0.4) is 0 Å². The first kappa shape index (κ1) is 11.3. The van der Waals surface area contributed by atoms with Gasteiger partial charge >= 0.3 is 6.18 Å². The van der Waals surface area contributed by atoms with Crippen LogP contribution in [0.1, 0.15) is 13.3 Å². The van der Waals surface area contributed by atoms with E-state index in [4.69, 9.17) is 0 Å². The van der Waals surface area contributed by atoms with Crippen LogP contribution in [0, 0.1) is 0 Å². The zero-order valence-electron chi connectivity index (χ0n) is 7.90. The highest BCUT2D eigenvalue weighted by Crippen LogP contribution is 2.25. The SMILES string of the molecule is CCN1CCC(=O)NCC1C(F)(F)F. The van der Waals surface area contributed by atoms with Crippen molar-refractivity contribution < 1.29 is 18.0 Å². The van der Waals surface area contributed by atoms with E-state index in [0.29, 0.717) is 6.54 Å². The molecule has 82 valence electrons. The normalized spacial score (nSPS) is 25.7. The maximum atomic E-state index is 12.5. The van der Waals surface area contributed by atoms with Gasteiger partial charge in [-0.1, -0.05) is 6.92 Å². The third kappa shape index (κ3) is 2.60. The molecular weight excluding hydrogens is 197 g/mol. The molecule has 0 radical (unpaired) electrons. The predicted molar refractivity (Wildman–Crippen MR) is 44.7 cm³/mol. The Morgan fingerprint density at radius 3 is 2.71 bits per heavy atom. The summed E-state index contributed by atoms with van der Waals surface area (Å²) in [5.74, 6) is -0.310. The topological polar surface area (TPSA) is 32.3 Å². The number of hydrogen-bond donors (Lipinski definition) is 1. The number of amides is 1. The van der Waals surface area contributed by atoms with Crippen LogP contribution < -0.4 is 5.32 Å². The molecular formula is C8H13F3N2O. The summed E-state index contributed by atoms with van der Waals surface area (Å²) in [6.07, 6.45) is -4.13. The second kappa shape index (κ2) is 4.16. The maximum Gasteiger partial charge on any atom is 0.405 e. The summed E-state index contributed by atoms with van der Waals surface area (Å²) in [5, 5.41) is 2.26. The molecule has 1 rings (SSSR count). The predicted octanol–water partition coefficient (Wildman–Crippen LogP) is 0.759. The lowest BCUT2D eigenvalue weighted by Gasteiger charge is -2.29. The Hall–Kier alpha value is -0.780. The molecule has 0 spiro atoms. The first-order valence-corrected chi connectivity index (χ1v) is 4.52. The number of carbonyl (C=O) groups is 1. The van der Waals surface area contributed by atoms with Crippen LogP contribution in [0.4, 0.5) is 13.2 Å². The van der Waals surface area contributed by atoms with Crippen LogP contribution >= 0.6 is 0 Å². The molecule has 1 amide bonds. The summed E-state index contributed by atoms with van der Waals surface area (Å²) >= 11 is 0. The standard InChI is InChI=1S/C8H13F3N2O/c1-2-13-4-3-7(14)12-5-6(13)8(9,10)11/h6H,2-5H2,1H3,(H,12,14). The lowest BCUT2D eigenvalue weighted by atomic mass is 10.2. The molecule has 6 heteroatoms. The molecule has 0 aromatic rings. The van der Waals surface area contributed by atoms with Gasteiger partial charge in [0.2, 0.25) is 5.91 Å². The van der Waals surface area contributed by atoms with Crippen molar-refractivity contribution in [3.05, 3.63) is 0 Å². The Labute approximate surface area is 80.3 Å². The number of hydrogen-bond acceptors (Lipinski definition) is 2. The highest BCUT2D eigenvalue weighted by Gasteiger charge is 2.44. The molecule has 0 bridgehead atoms. The average molecular weight is 210 g/mol. The van der Waals surface area contributed by atoms with Gasteiger partial charge in [0.15, 0.2) is 0 Å². The molecule has 1 fully saturated rings. The molecule has 1 aliphatic rings. The van der Waals surface area contributed by atoms with Crippen LogP contribution in [0.25, 0.3) is 0 Å². The number of rotatable bonds is 1. The third-order valence-corrected chi connectivity index (χ3v) is 2.34. The van der Waals surface area contributed by atoms with Gasteiger partial charge in [-0.3, -0.25) is 9.69 Å². The molecule has 3 nitrogen and oxygen atoms in total. The summed E-state index contributed by atoms with van der Waals surface area (Å²) in [6, 6.07) is -1.54. The van der Waals surface area contributed by atoms with Crippen LogP contribution in [-0.2, 0) is 4.79 Å². The van der Waals surface area contributed by atoms with Gasteiger partial charge in [0.1, 0.15) is 6.04 Å². The molecule has 1 aliphatic heterocycles. The Balaban J connectivity index is 2.73. The van der Waals surface area contributed by atoms with Crippen LogP contribution in [-0.4, -0.2) is 42.7 Å². The van der Waals surface area contributed by atoms with Crippen molar-refractivity contribution in [2.24, 2.45) is 0 Å². The van der Waals surface area contributed by atoms with Crippen LogP contribution in [0.5, 0.6) is 0 Å². The van der Waals surface area contributed by atoms with Crippen molar-refractivity contribution >= 4 is 5.91 Å². The summed E-state index contributed by atoms with van der Waals surface area (Å²) < 4.78 is 37.5. The highest BCUT2D eigenvalue weighted by atomic mass is 19.4. The summed E-state index contributed by atoms with van der Waals surface area (Å²) in [4.78, 5) is 12.2. The van der Waals surface area contributed by atoms with Gasteiger partial charge in [-0.25, -0.2) is 0 Å². The van der Waals surface area contributed by atoms with E-state index in [1.807, 2.05) is 0 Å². The number of nitrogens with zero attached hydrogens (tertiary/aromatic N) is 1. The largest absolute Gasteiger partial charge is 0.405 e. The van der Waals surface area contributed by atoms with Gasteiger partial charge in [-0.2, -0.15) is 13.2 Å². The third-order valence-electron chi connectivity index (χ3n) is 2.34. The second-order valence-electron chi connectivity index (χ2n) is 3.24. The molecule has 1 unspecified atom stereocenters. The second-order valence-corrected chi connectivity index (χ2v) is 3.24. The van der Waals surface area contributed by atoms with Gasteiger partial charge in [0.25, 0.3) is 0 Å². The van der Waals surface area contributed by atoms with Gasteiger partial charge in [-0.15, -0.1) is 0 Å². The minimum atomic E-state index is -4.27. The van der Waals surface area contributed by atoms with Gasteiger partial charge in [-0.05, 0) is 6.54 Å². The minimum absolute atomic E-state index is 0.139. The van der Waals surface area contributed by atoms with E-state index < -0.39 is 12.2 Å². The Morgan fingerprint density at radius 2 is 2.21 bits per heavy atom. The molecule has 1 N–H and O–H groups in total. The molecule has 1 saturated heterocycles. The number of nitrogens with one attached hydrogen (secondary N) is 1. The van der Waals surface area contributed by atoms with E-state index >= 15 is 0 Å². The van der Waals surface area contributed by atoms with Crippen molar-refractivity contribution in [1.82, 2.24) is 10.2 Å². The molecule has 0 aromatic heterocycles. The summed E-state index contributed by atoms with van der Waals surface area (Å²) in [5.41, 5.74) is 0. The van der Waals surface area contributed by atoms with E-state index in [2.05, 4.69) is 5.32 Å². The highest BCUT2D eigenvalue weighted by molar-refractivity contribution is 5.76. The summed E-state index contributed by atoms with van der Waals surface area (Å²) in [6.45, 7) is 1.80. The van der Waals surface area contributed by atoms with Crippen molar-refractivity contribution in [2.75, 3.05) is 19.6 Å². The molecule has 0 aliphatic carbocycles. The van der Waals surface area contributed by atoms with E-state index in [1.165, 1.54) is 4.90 Å². The summed E-state index contributed by atoms with van der Waals surface area (Å²) in [7, 11) is 0. The van der Waals surface area contributed by atoms with E-state index in [-0.39, 0.29) is 25.4 Å². The number of halogens is 3. The fraction of sp³-hybridized carbons (Fsp3) is 0.875. The maximum absolute atomic E-state index is 12.5. The molecule has 1 heterocycles. The molecule has 0 saturated carbocycles. The average Bonchev–Trinajstić information content (AvgIpc) is 2.25. The molecule has 0 aromatic carbocycles. The van der Waals surface area contributed by atoms with E-state index in [0.717, 1.165) is 0 Å². The van der Waals surface area contributed by atoms with Gasteiger partial charge in [0, 0.05) is 19.5 Å². The number of alkyl halides is 3.